The van der Waals surface area contributed by atoms with Gasteiger partial charge in [0.1, 0.15) is 12.4 Å². The quantitative estimate of drug-likeness (QED) is 0.716. The Morgan fingerprint density at radius 3 is 2.45 bits per heavy atom. The lowest BCUT2D eigenvalue weighted by atomic mass is 9.97. The Bertz CT molecular complexity index is 996. The van der Waals surface area contributed by atoms with Crippen LogP contribution < -0.4 is 0 Å². The summed E-state index contributed by atoms with van der Waals surface area (Å²) in [5.74, 6) is -0.575. The van der Waals surface area contributed by atoms with Crippen LogP contribution in [0.4, 0.5) is 4.39 Å². The molecule has 0 N–H and O–H groups in total. The number of rotatable bonds is 5. The van der Waals surface area contributed by atoms with Gasteiger partial charge in [0.15, 0.2) is 0 Å². The van der Waals surface area contributed by atoms with Crippen LogP contribution in [0.15, 0.2) is 53.6 Å². The molecule has 0 bridgehead atoms. The number of carbonyl (C=O) groups is 2. The second-order valence-electron chi connectivity index (χ2n) is 8.57. The van der Waals surface area contributed by atoms with Crippen molar-refractivity contribution in [2.75, 3.05) is 13.6 Å². The van der Waals surface area contributed by atoms with Crippen molar-refractivity contribution in [3.63, 3.8) is 0 Å². The van der Waals surface area contributed by atoms with E-state index in [2.05, 4.69) is 5.10 Å². The Morgan fingerprint density at radius 2 is 1.77 bits per heavy atom. The number of nitrogens with zero attached hydrogens (tertiary/aromatic N) is 3. The van der Waals surface area contributed by atoms with Gasteiger partial charge in [-0.05, 0) is 31.4 Å². The maximum Gasteiger partial charge on any atom is 0.262 e. The highest BCUT2D eigenvalue weighted by Gasteiger charge is 2.35. The van der Waals surface area contributed by atoms with E-state index in [1.165, 1.54) is 16.0 Å². The van der Waals surface area contributed by atoms with Gasteiger partial charge in [-0.15, -0.1) is 0 Å². The maximum atomic E-state index is 14.4. The van der Waals surface area contributed by atoms with E-state index in [9.17, 15) is 14.0 Å². The predicted octanol–water partition coefficient (Wildman–Crippen LogP) is 4.46. The average Bonchev–Trinajstić information content (AvgIpc) is 3.44. The van der Waals surface area contributed by atoms with Gasteiger partial charge in [-0.25, -0.2) is 9.40 Å². The second-order valence-corrected chi connectivity index (χ2v) is 8.57. The molecule has 2 amide bonds. The van der Waals surface area contributed by atoms with Crippen LogP contribution in [0.3, 0.4) is 0 Å². The van der Waals surface area contributed by atoms with Gasteiger partial charge in [0.05, 0.1) is 11.8 Å². The van der Waals surface area contributed by atoms with Crippen LogP contribution >= 0.6 is 0 Å². The first kappa shape index (κ1) is 21.2. The number of benzene rings is 2. The molecule has 5 nitrogen and oxygen atoms in total. The zero-order valence-electron chi connectivity index (χ0n) is 18.1. The molecule has 2 aliphatic rings. The maximum absolute atomic E-state index is 14.4. The molecule has 1 atom stereocenters. The molecule has 1 aliphatic heterocycles. The average molecular weight is 422 g/mol. The molecule has 2 aromatic rings. The van der Waals surface area contributed by atoms with Gasteiger partial charge in [-0.1, -0.05) is 60.9 Å². The van der Waals surface area contributed by atoms with Crippen LogP contribution in [-0.2, 0) is 9.59 Å². The Morgan fingerprint density at radius 1 is 1.10 bits per heavy atom. The smallest absolute Gasteiger partial charge is 0.262 e. The largest absolute Gasteiger partial charge is 0.336 e. The predicted molar refractivity (Wildman–Crippen MR) is 118 cm³/mol. The summed E-state index contributed by atoms with van der Waals surface area (Å²) in [5, 5.41) is 5.97. The first-order chi connectivity index (χ1) is 14.9. The van der Waals surface area contributed by atoms with Gasteiger partial charge >= 0.3 is 0 Å². The van der Waals surface area contributed by atoms with E-state index in [1.807, 2.05) is 31.2 Å². The molecule has 1 saturated carbocycles. The highest BCUT2D eigenvalue weighted by molar-refractivity contribution is 6.03. The minimum Gasteiger partial charge on any atom is -0.336 e. The van der Waals surface area contributed by atoms with Gasteiger partial charge in [0, 0.05) is 24.9 Å². The van der Waals surface area contributed by atoms with E-state index < -0.39 is 0 Å². The molecule has 0 aromatic heterocycles. The first-order valence-electron chi connectivity index (χ1n) is 10.9. The minimum absolute atomic E-state index is 0.0155. The highest BCUT2D eigenvalue weighted by atomic mass is 19.1. The molecule has 1 aliphatic carbocycles. The summed E-state index contributed by atoms with van der Waals surface area (Å²) in [7, 11) is 1.68. The fraction of sp³-hybridized carbons (Fsp3) is 0.400. The summed E-state index contributed by atoms with van der Waals surface area (Å²) >= 11 is 0. The van der Waals surface area contributed by atoms with E-state index in [0.29, 0.717) is 17.7 Å². The van der Waals surface area contributed by atoms with E-state index in [0.717, 1.165) is 36.8 Å². The number of aryl methyl sites for hydroxylation is 1. The minimum atomic E-state index is -0.355. The van der Waals surface area contributed by atoms with E-state index in [-0.39, 0.29) is 36.1 Å². The third kappa shape index (κ3) is 4.53. The summed E-state index contributed by atoms with van der Waals surface area (Å²) in [6.45, 7) is 1.97. The number of hydrogen-bond donors (Lipinski definition) is 0. The van der Waals surface area contributed by atoms with Crippen molar-refractivity contribution >= 4 is 17.5 Å². The number of carbonyl (C=O) groups excluding carboxylic acids is 2. The molecular formula is C25H28FN3O2. The van der Waals surface area contributed by atoms with Crippen LogP contribution in [0.25, 0.3) is 0 Å². The fourth-order valence-electron chi connectivity index (χ4n) is 4.48. The Labute approximate surface area is 182 Å². The van der Waals surface area contributed by atoms with Crippen molar-refractivity contribution in [2.45, 2.75) is 45.1 Å². The standard InChI is InChI=1S/C25H28FN3O2/c1-17-11-13-18(14-12-17)23-15-22(20-9-5-6-10-21(20)26)27-29(23)24(30)16-28(2)25(31)19-7-3-4-8-19/h5-6,9-14,19,23H,3-4,7-8,15-16H2,1-2H3/t23-/m0/s1. The van der Waals surface area contributed by atoms with Gasteiger partial charge in [-0.2, -0.15) is 5.10 Å². The van der Waals surface area contributed by atoms with Gasteiger partial charge in [0.25, 0.3) is 5.91 Å². The highest BCUT2D eigenvalue weighted by Crippen LogP contribution is 2.34. The van der Waals surface area contributed by atoms with Crippen molar-refractivity contribution in [3.8, 4) is 0 Å². The molecule has 0 unspecified atom stereocenters. The van der Waals surface area contributed by atoms with Crippen molar-refractivity contribution in [2.24, 2.45) is 11.0 Å². The molecule has 0 saturated heterocycles. The number of hydrazone groups is 1. The molecule has 4 rings (SSSR count). The Balaban J connectivity index is 1.58. The summed E-state index contributed by atoms with van der Waals surface area (Å²) in [4.78, 5) is 27.4. The molecular weight excluding hydrogens is 393 g/mol. The van der Waals surface area contributed by atoms with Crippen LogP contribution in [0.1, 0.15) is 54.8 Å². The molecule has 0 radical (unpaired) electrons. The summed E-state index contributed by atoms with van der Waals surface area (Å²) < 4.78 is 14.4. The summed E-state index contributed by atoms with van der Waals surface area (Å²) in [6, 6.07) is 14.1. The molecule has 0 spiro atoms. The molecule has 2 aromatic carbocycles. The van der Waals surface area contributed by atoms with Crippen LogP contribution in [0, 0.1) is 18.7 Å². The third-order valence-corrected chi connectivity index (χ3v) is 6.27. The van der Waals surface area contributed by atoms with Crippen molar-refractivity contribution in [1.29, 1.82) is 0 Å². The Hall–Kier alpha value is -3.02. The topological polar surface area (TPSA) is 53.0 Å². The van der Waals surface area contributed by atoms with Crippen LogP contribution in [0.2, 0.25) is 0 Å². The zero-order chi connectivity index (χ0) is 22.0. The summed E-state index contributed by atoms with van der Waals surface area (Å²) in [6.07, 6.45) is 4.34. The fourth-order valence-corrected chi connectivity index (χ4v) is 4.48. The van der Waals surface area contributed by atoms with Crippen molar-refractivity contribution < 1.29 is 14.0 Å². The molecule has 31 heavy (non-hydrogen) atoms. The van der Waals surface area contributed by atoms with E-state index in [1.54, 1.807) is 25.2 Å². The SMILES string of the molecule is Cc1ccc([C@@H]2CC(c3ccccc3F)=NN2C(=O)CN(C)C(=O)C2CCCC2)cc1. The lowest BCUT2D eigenvalue weighted by molar-refractivity contribution is -0.142. The molecule has 1 heterocycles. The summed E-state index contributed by atoms with van der Waals surface area (Å²) in [5.41, 5.74) is 3.02. The van der Waals surface area contributed by atoms with Crippen LogP contribution in [-0.4, -0.2) is 41.0 Å². The molecule has 162 valence electrons. The van der Waals surface area contributed by atoms with Gasteiger partial charge < -0.3 is 4.90 Å². The van der Waals surface area contributed by atoms with Crippen molar-refractivity contribution in [1.82, 2.24) is 9.91 Å². The number of hydrogen-bond acceptors (Lipinski definition) is 3. The molecule has 6 heteroatoms. The van der Waals surface area contributed by atoms with E-state index in [4.69, 9.17) is 0 Å². The zero-order valence-corrected chi connectivity index (χ0v) is 18.1. The Kier molecular flexibility index (Phi) is 6.16. The normalized spacial score (nSPS) is 18.9. The molecule has 1 fully saturated rings. The van der Waals surface area contributed by atoms with Gasteiger partial charge in [0.2, 0.25) is 5.91 Å². The lowest BCUT2D eigenvalue weighted by Gasteiger charge is -2.26. The van der Waals surface area contributed by atoms with Crippen molar-refractivity contribution in [3.05, 3.63) is 71.0 Å². The monoisotopic (exact) mass is 421 g/mol. The first-order valence-corrected chi connectivity index (χ1v) is 10.9. The number of halogens is 1. The number of likely N-dealkylation sites (N-methyl/N-ethyl adjacent to an activating group) is 1. The third-order valence-electron chi connectivity index (χ3n) is 6.27. The number of amides is 2. The van der Waals surface area contributed by atoms with E-state index >= 15 is 0 Å². The van der Waals surface area contributed by atoms with Crippen LogP contribution in [0.5, 0.6) is 0 Å². The second kappa shape index (κ2) is 9.00. The lowest BCUT2D eigenvalue weighted by Crippen LogP contribution is -2.41. The van der Waals surface area contributed by atoms with Gasteiger partial charge in [-0.3, -0.25) is 9.59 Å².